The molecule has 24 heavy (non-hydrogen) atoms. The Labute approximate surface area is 141 Å². The number of rotatable bonds is 5. The quantitative estimate of drug-likeness (QED) is 0.842. The third-order valence-corrected chi connectivity index (χ3v) is 4.10. The molecule has 2 heterocycles. The molecule has 0 spiro atoms. The third-order valence-electron chi connectivity index (χ3n) is 4.10. The summed E-state index contributed by atoms with van der Waals surface area (Å²) in [6.45, 7) is 3.02. The van der Waals surface area contributed by atoms with E-state index in [2.05, 4.69) is 37.2 Å². The molecule has 1 saturated heterocycles. The van der Waals surface area contributed by atoms with Crippen molar-refractivity contribution in [1.29, 1.82) is 0 Å². The average molecular weight is 326 g/mol. The van der Waals surface area contributed by atoms with Crippen LogP contribution in [0.25, 0.3) is 0 Å². The number of hydrogen-bond acceptors (Lipinski definition) is 6. The molecule has 1 fully saturated rings. The summed E-state index contributed by atoms with van der Waals surface area (Å²) < 4.78 is 0. The van der Waals surface area contributed by atoms with Gasteiger partial charge < -0.3 is 20.0 Å². The van der Waals surface area contributed by atoms with Crippen LogP contribution < -0.4 is 15.1 Å². The smallest absolute Gasteiger partial charge is 0.209 e. The van der Waals surface area contributed by atoms with Gasteiger partial charge in [0.15, 0.2) is 0 Å². The lowest BCUT2D eigenvalue weighted by atomic mass is 10.2. The van der Waals surface area contributed by atoms with Crippen molar-refractivity contribution >= 4 is 29.4 Å². The van der Waals surface area contributed by atoms with Gasteiger partial charge in [0.25, 0.3) is 0 Å². The Morgan fingerprint density at radius 1 is 1.08 bits per heavy atom. The predicted molar refractivity (Wildman–Crippen MR) is 95.9 cm³/mol. The molecule has 0 unspecified atom stereocenters. The number of benzene rings is 1. The van der Waals surface area contributed by atoms with E-state index >= 15 is 0 Å². The van der Waals surface area contributed by atoms with Gasteiger partial charge in [-0.2, -0.15) is 0 Å². The Bertz CT molecular complexity index is 680. The molecule has 1 aromatic heterocycles. The lowest BCUT2D eigenvalue weighted by molar-refractivity contribution is -0.118. The number of carbonyl (C=O) groups excluding carboxylic acids is 1. The first-order valence-electron chi connectivity index (χ1n) is 7.96. The number of carbonyl (C=O) groups is 1. The Kier molecular flexibility index (Phi) is 4.79. The van der Waals surface area contributed by atoms with Crippen molar-refractivity contribution in [2.24, 2.45) is 0 Å². The third kappa shape index (κ3) is 3.73. The first-order chi connectivity index (χ1) is 11.7. The molecule has 0 atom stereocenters. The molecular weight excluding hydrogens is 304 g/mol. The van der Waals surface area contributed by atoms with Crippen LogP contribution in [0.5, 0.6) is 0 Å². The van der Waals surface area contributed by atoms with Gasteiger partial charge in [-0.05, 0) is 24.3 Å². The maximum Gasteiger partial charge on any atom is 0.209 e. The molecule has 1 amide bonds. The number of nitrogens with zero attached hydrogens (tertiary/aromatic N) is 5. The largest absolute Gasteiger partial charge is 0.378 e. The highest BCUT2D eigenvalue weighted by atomic mass is 16.1. The zero-order valence-corrected chi connectivity index (χ0v) is 14.0. The topological polar surface area (TPSA) is 64.6 Å². The van der Waals surface area contributed by atoms with Gasteiger partial charge in [0.2, 0.25) is 6.41 Å². The first kappa shape index (κ1) is 16.0. The zero-order chi connectivity index (χ0) is 16.9. The van der Waals surface area contributed by atoms with Crippen LogP contribution in [0.4, 0.5) is 23.0 Å². The Balaban J connectivity index is 1.68. The summed E-state index contributed by atoms with van der Waals surface area (Å²) in [5.41, 5.74) is 2.13. The van der Waals surface area contributed by atoms with Crippen molar-refractivity contribution < 1.29 is 4.79 Å². The van der Waals surface area contributed by atoms with Gasteiger partial charge in [-0.15, -0.1) is 0 Å². The van der Waals surface area contributed by atoms with E-state index in [-0.39, 0.29) is 0 Å². The van der Waals surface area contributed by atoms with Gasteiger partial charge >= 0.3 is 0 Å². The molecule has 0 saturated carbocycles. The van der Waals surface area contributed by atoms with Crippen LogP contribution in [0.2, 0.25) is 0 Å². The van der Waals surface area contributed by atoms with Gasteiger partial charge in [0, 0.05) is 57.7 Å². The van der Waals surface area contributed by atoms with Gasteiger partial charge in [-0.1, -0.05) is 0 Å². The summed E-state index contributed by atoms with van der Waals surface area (Å²) >= 11 is 0. The summed E-state index contributed by atoms with van der Waals surface area (Å²) in [6, 6.07) is 10.1. The minimum Gasteiger partial charge on any atom is -0.378 e. The highest BCUT2D eigenvalue weighted by Crippen LogP contribution is 2.21. The van der Waals surface area contributed by atoms with Crippen molar-refractivity contribution in [2.45, 2.75) is 0 Å². The second-order valence-electron chi connectivity index (χ2n) is 5.96. The van der Waals surface area contributed by atoms with Gasteiger partial charge in [0.1, 0.15) is 18.0 Å². The van der Waals surface area contributed by atoms with E-state index in [0.717, 1.165) is 55.6 Å². The summed E-state index contributed by atoms with van der Waals surface area (Å²) in [7, 11) is 4.03. The molecule has 0 radical (unpaired) electrons. The molecule has 126 valence electrons. The molecular formula is C17H22N6O. The summed E-state index contributed by atoms with van der Waals surface area (Å²) in [5, 5.41) is 3.31. The van der Waals surface area contributed by atoms with E-state index in [0.29, 0.717) is 0 Å². The summed E-state index contributed by atoms with van der Waals surface area (Å²) in [6.07, 6.45) is 2.47. The van der Waals surface area contributed by atoms with Gasteiger partial charge in [0.05, 0.1) is 0 Å². The van der Waals surface area contributed by atoms with Crippen LogP contribution >= 0.6 is 0 Å². The molecule has 1 N–H and O–H groups in total. The van der Waals surface area contributed by atoms with E-state index in [1.807, 2.05) is 32.3 Å². The Morgan fingerprint density at radius 2 is 1.79 bits per heavy atom. The molecule has 1 aliphatic rings. The fourth-order valence-corrected chi connectivity index (χ4v) is 2.64. The van der Waals surface area contributed by atoms with Gasteiger partial charge in [-0.3, -0.25) is 4.79 Å². The summed E-state index contributed by atoms with van der Waals surface area (Å²) in [4.78, 5) is 25.5. The van der Waals surface area contributed by atoms with E-state index < -0.39 is 0 Å². The van der Waals surface area contributed by atoms with Gasteiger partial charge in [-0.25, -0.2) is 9.97 Å². The molecule has 7 nitrogen and oxygen atoms in total. The van der Waals surface area contributed by atoms with E-state index in [1.165, 1.54) is 0 Å². The normalized spacial score (nSPS) is 14.4. The minimum atomic E-state index is 0.724. The van der Waals surface area contributed by atoms with Crippen molar-refractivity contribution in [2.75, 3.05) is 55.4 Å². The maximum absolute atomic E-state index is 10.8. The highest BCUT2D eigenvalue weighted by Gasteiger charge is 2.17. The van der Waals surface area contributed by atoms with Crippen molar-refractivity contribution in [3.05, 3.63) is 36.7 Å². The lowest BCUT2D eigenvalue weighted by Crippen LogP contribution is -2.46. The zero-order valence-electron chi connectivity index (χ0n) is 14.0. The monoisotopic (exact) mass is 326 g/mol. The fraction of sp³-hybridized carbons (Fsp3) is 0.353. The second-order valence-corrected chi connectivity index (χ2v) is 5.96. The number of piperazine rings is 1. The number of hydrogen-bond donors (Lipinski definition) is 1. The van der Waals surface area contributed by atoms with Crippen LogP contribution in [-0.2, 0) is 4.79 Å². The number of nitrogens with one attached hydrogen (secondary N) is 1. The van der Waals surface area contributed by atoms with Crippen LogP contribution in [-0.4, -0.2) is 61.6 Å². The van der Waals surface area contributed by atoms with Crippen molar-refractivity contribution in [3.8, 4) is 0 Å². The van der Waals surface area contributed by atoms with Crippen LogP contribution in [0.3, 0.4) is 0 Å². The predicted octanol–water partition coefficient (Wildman–Crippen LogP) is 1.56. The van der Waals surface area contributed by atoms with Crippen LogP contribution in [0.15, 0.2) is 36.7 Å². The second kappa shape index (κ2) is 7.16. The van der Waals surface area contributed by atoms with E-state index in [9.17, 15) is 4.79 Å². The minimum absolute atomic E-state index is 0.724. The van der Waals surface area contributed by atoms with Crippen LogP contribution in [0, 0.1) is 0 Å². The van der Waals surface area contributed by atoms with E-state index in [1.54, 1.807) is 11.2 Å². The molecule has 1 aromatic carbocycles. The summed E-state index contributed by atoms with van der Waals surface area (Å²) in [5.74, 6) is 1.64. The molecule has 1 aliphatic heterocycles. The first-order valence-corrected chi connectivity index (χ1v) is 7.96. The Morgan fingerprint density at radius 3 is 2.42 bits per heavy atom. The fourth-order valence-electron chi connectivity index (χ4n) is 2.64. The maximum atomic E-state index is 10.8. The van der Waals surface area contributed by atoms with Crippen molar-refractivity contribution in [3.63, 3.8) is 0 Å². The standard InChI is InChI=1S/C17H22N6O/c1-21(2)15-5-3-14(4-6-15)20-16-11-17(19-12-18-16)23-9-7-22(13-24)8-10-23/h3-6,11-13H,7-10H2,1-2H3,(H,18,19,20). The molecule has 2 aromatic rings. The highest BCUT2D eigenvalue weighted by molar-refractivity contribution is 5.62. The average Bonchev–Trinajstić information content (AvgIpc) is 2.62. The Hall–Kier alpha value is -2.83. The lowest BCUT2D eigenvalue weighted by Gasteiger charge is -2.33. The van der Waals surface area contributed by atoms with Crippen molar-refractivity contribution in [1.82, 2.24) is 14.9 Å². The number of aromatic nitrogens is 2. The van der Waals surface area contributed by atoms with Crippen LogP contribution in [0.1, 0.15) is 0 Å². The molecule has 0 aliphatic carbocycles. The SMILES string of the molecule is CN(C)c1ccc(Nc2cc(N3CCN(C=O)CC3)ncn2)cc1. The number of amides is 1. The molecule has 7 heteroatoms. The molecule has 0 bridgehead atoms. The molecule has 3 rings (SSSR count). The van der Waals surface area contributed by atoms with E-state index in [4.69, 9.17) is 0 Å². The number of anilines is 4.